The maximum Gasteiger partial charge on any atom is 0.127 e. The number of hydrogen-bond acceptors (Lipinski definition) is 0. The van der Waals surface area contributed by atoms with Crippen molar-refractivity contribution >= 4 is 11.6 Å². The van der Waals surface area contributed by atoms with Gasteiger partial charge in [0.05, 0.1) is 0 Å². The molecule has 0 atom stereocenters. The summed E-state index contributed by atoms with van der Waals surface area (Å²) in [6.07, 6.45) is 12.7. The Morgan fingerprint density at radius 2 is 0.700 bits per heavy atom. The Morgan fingerprint density at radius 3 is 1.07 bits per heavy atom. The summed E-state index contributed by atoms with van der Waals surface area (Å²) in [4.78, 5) is 0. The van der Waals surface area contributed by atoms with Gasteiger partial charge in [-0.25, -0.2) is 13.2 Å². The summed E-state index contributed by atoms with van der Waals surface area (Å²) in [6.45, 7) is 34.3. The van der Waals surface area contributed by atoms with Gasteiger partial charge in [-0.3, -0.25) is 0 Å². The molecule has 5 aliphatic carbocycles. The molecule has 4 heteroatoms. The van der Waals surface area contributed by atoms with E-state index in [0.717, 1.165) is 41.2 Å². The van der Waals surface area contributed by atoms with Crippen molar-refractivity contribution < 1.29 is 13.2 Å². The highest BCUT2D eigenvalue weighted by Crippen LogP contribution is 2.45. The minimum atomic E-state index is -0.340. The Morgan fingerprint density at radius 1 is 0.343 bits per heavy atom. The highest BCUT2D eigenvalue weighted by atomic mass is 35.5. The second-order valence-corrected chi connectivity index (χ2v) is 27.1. The Kier molecular flexibility index (Phi) is 17.2. The molecule has 5 aromatic carbocycles. The zero-order valence-corrected chi connectivity index (χ0v) is 46.9. The van der Waals surface area contributed by atoms with Gasteiger partial charge in [0.25, 0.3) is 0 Å². The van der Waals surface area contributed by atoms with Crippen molar-refractivity contribution in [2.24, 2.45) is 0 Å². The van der Waals surface area contributed by atoms with Crippen LogP contribution in [0.25, 0.3) is 0 Å². The van der Waals surface area contributed by atoms with Crippen LogP contribution in [-0.4, -0.2) is 0 Å². The summed E-state index contributed by atoms with van der Waals surface area (Å²) in [6, 6.07) is 31.3. The van der Waals surface area contributed by atoms with E-state index in [2.05, 4.69) is 136 Å². The van der Waals surface area contributed by atoms with Crippen molar-refractivity contribution in [3.05, 3.63) is 175 Å². The van der Waals surface area contributed by atoms with Crippen molar-refractivity contribution in [2.45, 2.75) is 232 Å². The van der Waals surface area contributed by atoms with E-state index in [1.54, 1.807) is 11.6 Å². The van der Waals surface area contributed by atoms with Crippen LogP contribution in [-0.2, 0) is 27.1 Å². The fourth-order valence-electron chi connectivity index (χ4n) is 9.34. The van der Waals surface area contributed by atoms with E-state index in [1.807, 2.05) is 47.6 Å². The predicted octanol–water partition coefficient (Wildman–Crippen LogP) is 20.7. The van der Waals surface area contributed by atoms with Crippen LogP contribution in [0.4, 0.5) is 13.2 Å². The van der Waals surface area contributed by atoms with Crippen molar-refractivity contribution in [1.82, 2.24) is 0 Å². The van der Waals surface area contributed by atoms with Gasteiger partial charge in [-0.05, 0) is 213 Å². The third-order valence-electron chi connectivity index (χ3n) is 14.5. The lowest BCUT2D eigenvalue weighted by molar-refractivity contribution is 0.507. The SMILES string of the molecule is CC(C)(C)c1cc(F)c(C2CC2)cc1F.CC(C)(C)c1ccc(C2CC2)cc1.CC(C)(C)c1ccc(C2CC2)cc1Cl.CC(C)(C)c1ccc(C2CC2)cc1F.Cc1cc(C2CC2)ccc1C(C)(C)C. The van der Waals surface area contributed by atoms with Gasteiger partial charge < -0.3 is 0 Å². The van der Waals surface area contributed by atoms with Crippen LogP contribution < -0.4 is 0 Å². The second kappa shape index (κ2) is 21.7. The fourth-order valence-corrected chi connectivity index (χ4v) is 9.81. The van der Waals surface area contributed by atoms with E-state index >= 15 is 0 Å². The Hall–Kier alpha value is -3.82. The zero-order valence-electron chi connectivity index (χ0n) is 46.1. The minimum Gasteiger partial charge on any atom is -0.207 e. The van der Waals surface area contributed by atoms with Crippen LogP contribution in [0.2, 0.25) is 5.02 Å². The Balaban J connectivity index is 0.000000144. The summed E-state index contributed by atoms with van der Waals surface area (Å²) in [7, 11) is 0. The highest BCUT2D eigenvalue weighted by Gasteiger charge is 2.31. The van der Waals surface area contributed by atoms with E-state index in [-0.39, 0.29) is 45.0 Å². The first kappa shape index (κ1) is 55.5. The molecule has 5 fully saturated rings. The van der Waals surface area contributed by atoms with Gasteiger partial charge in [0.1, 0.15) is 17.5 Å². The molecule has 0 spiro atoms. The first-order chi connectivity index (χ1) is 32.4. The average molecular weight is 974 g/mol. The predicted molar refractivity (Wildman–Crippen MR) is 295 cm³/mol. The van der Waals surface area contributed by atoms with Gasteiger partial charge in [-0.2, -0.15) is 0 Å². The molecule has 0 nitrogen and oxygen atoms in total. The lowest BCUT2D eigenvalue weighted by Gasteiger charge is -2.22. The van der Waals surface area contributed by atoms with Crippen molar-refractivity contribution in [1.29, 1.82) is 0 Å². The number of rotatable bonds is 5. The van der Waals surface area contributed by atoms with Crippen LogP contribution in [0.15, 0.2) is 91.0 Å². The van der Waals surface area contributed by atoms with Crippen LogP contribution in [0.5, 0.6) is 0 Å². The molecule has 0 bridgehead atoms. The molecular formula is C66H88ClF3. The molecule has 5 aliphatic rings. The van der Waals surface area contributed by atoms with Crippen LogP contribution in [0.1, 0.15) is 259 Å². The van der Waals surface area contributed by atoms with Gasteiger partial charge >= 0.3 is 0 Å². The highest BCUT2D eigenvalue weighted by molar-refractivity contribution is 6.31. The third kappa shape index (κ3) is 16.1. The maximum absolute atomic E-state index is 13.7. The molecule has 10 rings (SSSR count). The van der Waals surface area contributed by atoms with E-state index < -0.39 is 0 Å². The molecule has 380 valence electrons. The largest absolute Gasteiger partial charge is 0.207 e. The quantitative estimate of drug-likeness (QED) is 0.165. The monoisotopic (exact) mass is 973 g/mol. The van der Waals surface area contributed by atoms with Crippen LogP contribution in [0.3, 0.4) is 0 Å². The molecule has 0 radical (unpaired) electrons. The molecular weight excluding hydrogens is 885 g/mol. The zero-order chi connectivity index (χ0) is 51.7. The van der Waals surface area contributed by atoms with E-state index in [1.165, 1.54) is 102 Å². The molecule has 0 aliphatic heterocycles. The molecule has 0 saturated heterocycles. The average Bonchev–Trinajstić information content (AvgIpc) is 4.05. The van der Waals surface area contributed by atoms with Gasteiger partial charge in [0, 0.05) is 5.02 Å². The molecule has 70 heavy (non-hydrogen) atoms. The lowest BCUT2D eigenvalue weighted by atomic mass is 9.83. The van der Waals surface area contributed by atoms with E-state index in [0.29, 0.717) is 22.5 Å². The molecule has 0 aromatic heterocycles. The summed E-state index contributed by atoms with van der Waals surface area (Å²) < 4.78 is 41.2. The molecule has 0 heterocycles. The molecule has 0 unspecified atom stereocenters. The Labute approximate surface area is 429 Å². The van der Waals surface area contributed by atoms with Crippen molar-refractivity contribution in [3.8, 4) is 0 Å². The maximum atomic E-state index is 13.7. The van der Waals surface area contributed by atoms with Gasteiger partial charge in [0.2, 0.25) is 0 Å². The van der Waals surface area contributed by atoms with Gasteiger partial charge in [-0.1, -0.05) is 182 Å². The third-order valence-corrected chi connectivity index (χ3v) is 14.9. The standard InChI is InChI=1S/C14H20.C13H17Cl.C13H16F2.C13H17F.C13H18/c1-10-9-12(11-5-6-11)7-8-13(10)14(2,3)4;1-13(2,3)11-7-6-10(8-12(11)14)9-4-5-9;1-13(2,3)10-7-11(14)9(6-12(10)15)8-4-5-8;1-13(2,3)11-7-6-10(8-12(11)14)9-4-5-9;1-13(2,3)12-8-6-11(7-9-12)10-4-5-10/h7-9,11H,5-6H2,1-4H3;6-9H,4-5H2,1-3H3;6-8H,4-5H2,1-3H3;6-9H,4-5H2,1-3H3;6-10H,4-5H2,1-3H3. The Bertz CT molecular complexity index is 2360. The van der Waals surface area contributed by atoms with E-state index in [4.69, 9.17) is 11.6 Å². The molecule has 5 saturated carbocycles. The van der Waals surface area contributed by atoms with Crippen LogP contribution >= 0.6 is 11.6 Å². The smallest absolute Gasteiger partial charge is 0.127 e. The molecule has 0 amide bonds. The first-order valence-corrected chi connectivity index (χ1v) is 27.1. The summed E-state index contributed by atoms with van der Waals surface area (Å²) in [5.74, 6) is 2.89. The van der Waals surface area contributed by atoms with Crippen LogP contribution in [0, 0.1) is 24.4 Å². The van der Waals surface area contributed by atoms with Gasteiger partial charge in [-0.15, -0.1) is 0 Å². The molecule has 0 N–H and O–H groups in total. The normalized spacial score (nSPS) is 17.1. The summed E-state index contributed by atoms with van der Waals surface area (Å²) >= 11 is 6.29. The topological polar surface area (TPSA) is 0 Å². The minimum absolute atomic E-state index is 0.0399. The number of halogens is 4. The van der Waals surface area contributed by atoms with Crippen molar-refractivity contribution in [2.75, 3.05) is 0 Å². The number of benzene rings is 5. The summed E-state index contributed by atoms with van der Waals surface area (Å²) in [5.41, 5.74) is 13.5. The summed E-state index contributed by atoms with van der Waals surface area (Å²) in [5, 5.41) is 0.932. The molecule has 5 aromatic rings. The number of aryl methyl sites for hydroxylation is 1. The lowest BCUT2D eigenvalue weighted by Crippen LogP contribution is -2.14. The van der Waals surface area contributed by atoms with E-state index in [9.17, 15) is 13.2 Å². The second-order valence-electron chi connectivity index (χ2n) is 26.6. The fraction of sp³-hybridized carbons (Fsp3) is 0.545. The van der Waals surface area contributed by atoms with Gasteiger partial charge in [0.15, 0.2) is 0 Å². The number of hydrogen-bond donors (Lipinski definition) is 0. The van der Waals surface area contributed by atoms with Crippen molar-refractivity contribution in [3.63, 3.8) is 0 Å². The first-order valence-electron chi connectivity index (χ1n) is 26.7.